The van der Waals surface area contributed by atoms with Crippen LogP contribution in [0.25, 0.3) is 0 Å². The molecule has 2 aromatic carbocycles. The highest BCUT2D eigenvalue weighted by molar-refractivity contribution is 5.95. The zero-order chi connectivity index (χ0) is 18.4. The van der Waals surface area contributed by atoms with Gasteiger partial charge in [0.25, 0.3) is 0 Å². The van der Waals surface area contributed by atoms with Crippen molar-refractivity contribution in [2.24, 2.45) is 5.73 Å². The topological polar surface area (TPSA) is 114 Å². The maximum Gasteiger partial charge on any atom is 0.122 e. The van der Waals surface area contributed by atoms with Crippen LogP contribution in [-0.2, 0) is 11.2 Å². The lowest BCUT2D eigenvalue weighted by molar-refractivity contribution is -0.307. The molecule has 6 nitrogen and oxygen atoms in total. The SMILES string of the molecule is CCNc1ccc(C(Nc2ccc(C(=N)N)cc2)C(=O)[O-])cc1CC.Cl. The number of hydrogen-bond donors (Lipinski definition) is 4. The molecule has 0 bridgehead atoms. The Bertz CT molecular complexity index is 763. The molecular formula is C19H24ClN4O2-. The third-order valence-electron chi connectivity index (χ3n) is 3.95. The molecule has 0 spiro atoms. The summed E-state index contributed by atoms with van der Waals surface area (Å²) in [4.78, 5) is 11.6. The van der Waals surface area contributed by atoms with E-state index in [2.05, 4.69) is 10.6 Å². The van der Waals surface area contributed by atoms with Crippen LogP contribution in [0.5, 0.6) is 0 Å². The fraction of sp³-hybridized carbons (Fsp3) is 0.263. The first-order valence-electron chi connectivity index (χ1n) is 8.24. The summed E-state index contributed by atoms with van der Waals surface area (Å²) < 4.78 is 0. The summed E-state index contributed by atoms with van der Waals surface area (Å²) in [5.41, 5.74) is 9.33. The number of amidine groups is 1. The monoisotopic (exact) mass is 375 g/mol. The number of aryl methyl sites for hydroxylation is 1. The van der Waals surface area contributed by atoms with E-state index in [1.807, 2.05) is 26.0 Å². The third kappa shape index (κ3) is 5.13. The van der Waals surface area contributed by atoms with Gasteiger partial charge in [-0.25, -0.2) is 0 Å². The van der Waals surface area contributed by atoms with Gasteiger partial charge >= 0.3 is 0 Å². The number of nitrogens with one attached hydrogen (secondary N) is 3. The average Bonchev–Trinajstić information content (AvgIpc) is 2.60. The standard InChI is InChI=1S/C19H24N4O2.ClH/c1-3-12-11-14(7-10-16(12)22-4-2)17(19(24)25)23-15-8-5-13(6-9-15)18(20)21;/h5-11,17,22-23H,3-4H2,1-2H3,(H3,20,21)(H,24,25);1H/p-1. The number of rotatable bonds is 8. The predicted molar refractivity (Wildman–Crippen MR) is 106 cm³/mol. The van der Waals surface area contributed by atoms with Crippen molar-refractivity contribution in [3.8, 4) is 0 Å². The van der Waals surface area contributed by atoms with Gasteiger partial charge < -0.3 is 26.3 Å². The summed E-state index contributed by atoms with van der Waals surface area (Å²) in [7, 11) is 0. The van der Waals surface area contributed by atoms with Crippen molar-refractivity contribution in [1.82, 2.24) is 0 Å². The molecule has 1 unspecified atom stereocenters. The summed E-state index contributed by atoms with van der Waals surface area (Å²) in [5, 5.41) is 25.3. The van der Waals surface area contributed by atoms with E-state index in [1.54, 1.807) is 30.3 Å². The van der Waals surface area contributed by atoms with Crippen LogP contribution in [0.4, 0.5) is 11.4 Å². The smallest absolute Gasteiger partial charge is 0.122 e. The number of carboxylic acid groups (broad SMARTS) is 1. The van der Waals surface area contributed by atoms with Crippen molar-refractivity contribution in [2.75, 3.05) is 17.2 Å². The molecule has 0 amide bonds. The first kappa shape index (κ1) is 21.3. The molecule has 0 aliphatic carbocycles. The van der Waals surface area contributed by atoms with Gasteiger partial charge in [-0.2, -0.15) is 0 Å². The molecular weight excluding hydrogens is 352 g/mol. The minimum atomic E-state index is -1.20. The van der Waals surface area contributed by atoms with E-state index in [9.17, 15) is 9.90 Å². The summed E-state index contributed by atoms with van der Waals surface area (Å²) in [6.07, 6.45) is 0.795. The van der Waals surface area contributed by atoms with Crippen LogP contribution in [0, 0.1) is 5.41 Å². The number of carboxylic acids is 1. The lowest BCUT2D eigenvalue weighted by Gasteiger charge is -2.23. The Morgan fingerprint density at radius 2 is 1.85 bits per heavy atom. The largest absolute Gasteiger partial charge is 0.548 e. The summed E-state index contributed by atoms with van der Waals surface area (Å²) >= 11 is 0. The van der Waals surface area contributed by atoms with Crippen LogP contribution in [-0.4, -0.2) is 18.3 Å². The van der Waals surface area contributed by atoms with Crippen molar-refractivity contribution in [3.05, 3.63) is 59.2 Å². The third-order valence-corrected chi connectivity index (χ3v) is 3.95. The highest BCUT2D eigenvalue weighted by Gasteiger charge is 2.14. The molecule has 0 aliphatic rings. The van der Waals surface area contributed by atoms with Crippen molar-refractivity contribution in [3.63, 3.8) is 0 Å². The Balaban J connectivity index is 0.00000338. The highest BCUT2D eigenvalue weighted by Crippen LogP contribution is 2.25. The van der Waals surface area contributed by atoms with Crippen LogP contribution >= 0.6 is 12.4 Å². The number of anilines is 2. The van der Waals surface area contributed by atoms with E-state index >= 15 is 0 Å². The number of carbonyl (C=O) groups excluding carboxylic acids is 1. The zero-order valence-electron chi connectivity index (χ0n) is 14.8. The van der Waals surface area contributed by atoms with Gasteiger partial charge in [-0.3, -0.25) is 5.41 Å². The number of nitrogen functional groups attached to an aromatic ring is 1. The number of carbonyl (C=O) groups is 1. The molecule has 2 rings (SSSR count). The molecule has 0 fully saturated rings. The number of halogens is 1. The van der Waals surface area contributed by atoms with Crippen molar-refractivity contribution >= 4 is 35.6 Å². The molecule has 0 aromatic heterocycles. The molecule has 0 saturated carbocycles. The molecule has 5 N–H and O–H groups in total. The fourth-order valence-corrected chi connectivity index (χ4v) is 2.64. The van der Waals surface area contributed by atoms with Crippen LogP contribution in [0.2, 0.25) is 0 Å². The summed E-state index contributed by atoms with van der Waals surface area (Å²) in [6.45, 7) is 4.85. The highest BCUT2D eigenvalue weighted by atomic mass is 35.5. The van der Waals surface area contributed by atoms with Crippen LogP contribution in [0.15, 0.2) is 42.5 Å². The Morgan fingerprint density at radius 1 is 1.19 bits per heavy atom. The molecule has 0 aliphatic heterocycles. The minimum absolute atomic E-state index is 0. The van der Waals surface area contributed by atoms with Gasteiger partial charge in [-0.1, -0.05) is 19.1 Å². The quantitative estimate of drug-likeness (QED) is 0.417. The molecule has 140 valence electrons. The van der Waals surface area contributed by atoms with E-state index in [4.69, 9.17) is 11.1 Å². The van der Waals surface area contributed by atoms with Gasteiger partial charge in [0.15, 0.2) is 0 Å². The Kier molecular flexibility index (Phi) is 7.93. The van der Waals surface area contributed by atoms with Crippen molar-refractivity contribution < 1.29 is 9.90 Å². The molecule has 0 radical (unpaired) electrons. The second-order valence-corrected chi connectivity index (χ2v) is 5.69. The van der Waals surface area contributed by atoms with Gasteiger partial charge in [-0.05, 0) is 54.8 Å². The molecule has 2 aromatic rings. The Morgan fingerprint density at radius 3 is 2.35 bits per heavy atom. The van der Waals surface area contributed by atoms with Crippen molar-refractivity contribution in [1.29, 1.82) is 5.41 Å². The maximum absolute atomic E-state index is 11.6. The molecule has 0 heterocycles. The summed E-state index contributed by atoms with van der Waals surface area (Å²) in [6, 6.07) is 11.3. The minimum Gasteiger partial charge on any atom is -0.548 e. The molecule has 1 atom stereocenters. The van der Waals surface area contributed by atoms with Crippen LogP contribution < -0.4 is 21.5 Å². The van der Waals surface area contributed by atoms with E-state index in [1.165, 1.54) is 0 Å². The second-order valence-electron chi connectivity index (χ2n) is 5.69. The molecule has 0 saturated heterocycles. The zero-order valence-corrected chi connectivity index (χ0v) is 15.7. The van der Waals surface area contributed by atoms with Crippen LogP contribution in [0.1, 0.15) is 36.6 Å². The Labute approximate surface area is 159 Å². The van der Waals surface area contributed by atoms with Crippen molar-refractivity contribution in [2.45, 2.75) is 26.3 Å². The normalized spacial score (nSPS) is 11.2. The Hall–Kier alpha value is -2.73. The average molecular weight is 376 g/mol. The van der Waals surface area contributed by atoms with Gasteiger partial charge in [0.1, 0.15) is 5.84 Å². The van der Waals surface area contributed by atoms with Gasteiger partial charge in [0, 0.05) is 23.5 Å². The van der Waals surface area contributed by atoms with E-state index in [0.29, 0.717) is 16.8 Å². The van der Waals surface area contributed by atoms with Gasteiger partial charge in [0.05, 0.1) is 12.0 Å². The predicted octanol–water partition coefficient (Wildman–Crippen LogP) is 2.29. The molecule has 7 heteroatoms. The molecule has 26 heavy (non-hydrogen) atoms. The van der Waals surface area contributed by atoms with Gasteiger partial charge in [-0.15, -0.1) is 12.4 Å². The number of hydrogen-bond acceptors (Lipinski definition) is 5. The fourth-order valence-electron chi connectivity index (χ4n) is 2.64. The van der Waals surface area contributed by atoms with Gasteiger partial charge in [0.2, 0.25) is 0 Å². The lowest BCUT2D eigenvalue weighted by atomic mass is 10.0. The number of nitrogens with two attached hydrogens (primary N) is 1. The maximum atomic E-state index is 11.6. The number of aliphatic carboxylic acids is 1. The van der Waals surface area contributed by atoms with Crippen LogP contribution in [0.3, 0.4) is 0 Å². The lowest BCUT2D eigenvalue weighted by Crippen LogP contribution is -2.34. The van der Waals surface area contributed by atoms with E-state index in [0.717, 1.165) is 24.2 Å². The van der Waals surface area contributed by atoms with E-state index in [-0.39, 0.29) is 18.2 Å². The first-order valence-corrected chi connectivity index (χ1v) is 8.24. The first-order chi connectivity index (χ1) is 12.0. The number of benzene rings is 2. The summed E-state index contributed by atoms with van der Waals surface area (Å²) in [5.74, 6) is -1.23. The van der Waals surface area contributed by atoms with E-state index < -0.39 is 12.0 Å². The second kappa shape index (κ2) is 9.68.